The van der Waals surface area contributed by atoms with Gasteiger partial charge in [0.15, 0.2) is 9.84 Å². The van der Waals surface area contributed by atoms with E-state index in [4.69, 9.17) is 0 Å². The average molecular weight is 257 g/mol. The molecule has 1 aliphatic heterocycles. The predicted octanol–water partition coefficient (Wildman–Crippen LogP) is 1.73. The first-order valence-electron chi connectivity index (χ1n) is 7.04. The minimum Gasteiger partial charge on any atom is -0.313 e. The highest BCUT2D eigenvalue weighted by molar-refractivity contribution is 7.91. The number of hydrogen-bond acceptors (Lipinski definition) is 3. The molecule has 2 aliphatic carbocycles. The van der Waals surface area contributed by atoms with Gasteiger partial charge >= 0.3 is 0 Å². The third kappa shape index (κ3) is 2.53. The zero-order valence-corrected chi connectivity index (χ0v) is 11.3. The molecule has 0 aromatic heterocycles. The molecule has 1 atom stereocenters. The van der Waals surface area contributed by atoms with Gasteiger partial charge in [0, 0.05) is 12.6 Å². The lowest BCUT2D eigenvalue weighted by Gasteiger charge is -2.35. The molecule has 1 unspecified atom stereocenters. The van der Waals surface area contributed by atoms with Gasteiger partial charge in [0.1, 0.15) is 0 Å². The lowest BCUT2D eigenvalue weighted by Crippen LogP contribution is -2.39. The molecule has 0 aromatic rings. The predicted molar refractivity (Wildman–Crippen MR) is 68.7 cm³/mol. The van der Waals surface area contributed by atoms with E-state index < -0.39 is 9.84 Å². The summed E-state index contributed by atoms with van der Waals surface area (Å²) in [6.45, 7) is 1.07. The second-order valence-corrected chi connectivity index (χ2v) is 8.55. The molecule has 4 heteroatoms. The molecule has 3 fully saturated rings. The van der Waals surface area contributed by atoms with Gasteiger partial charge in [-0.25, -0.2) is 8.42 Å². The molecular weight excluding hydrogens is 234 g/mol. The van der Waals surface area contributed by atoms with Crippen LogP contribution < -0.4 is 5.32 Å². The van der Waals surface area contributed by atoms with Crippen molar-refractivity contribution in [3.05, 3.63) is 0 Å². The highest BCUT2D eigenvalue weighted by atomic mass is 32.2. The van der Waals surface area contributed by atoms with Crippen molar-refractivity contribution in [3.63, 3.8) is 0 Å². The van der Waals surface area contributed by atoms with Crippen molar-refractivity contribution in [1.29, 1.82) is 0 Å². The Morgan fingerprint density at radius 2 is 1.82 bits per heavy atom. The van der Waals surface area contributed by atoms with Gasteiger partial charge in [0.05, 0.1) is 11.5 Å². The van der Waals surface area contributed by atoms with Crippen LogP contribution in [0.2, 0.25) is 0 Å². The maximum atomic E-state index is 11.7. The van der Waals surface area contributed by atoms with Gasteiger partial charge in [-0.15, -0.1) is 0 Å². The highest BCUT2D eigenvalue weighted by Gasteiger charge is 2.46. The SMILES string of the molecule is O=S1(=O)CCC(C2(CNC3CC3)CCCC2)C1. The average Bonchev–Trinajstić information content (AvgIpc) is 2.86. The minimum atomic E-state index is -2.72. The first-order valence-corrected chi connectivity index (χ1v) is 8.86. The second kappa shape index (κ2) is 4.23. The summed E-state index contributed by atoms with van der Waals surface area (Å²) in [4.78, 5) is 0. The fourth-order valence-corrected chi connectivity index (χ4v) is 5.67. The molecule has 2 saturated carbocycles. The lowest BCUT2D eigenvalue weighted by atomic mass is 9.73. The van der Waals surface area contributed by atoms with Crippen LogP contribution in [0.3, 0.4) is 0 Å². The summed E-state index contributed by atoms with van der Waals surface area (Å²) < 4.78 is 23.3. The quantitative estimate of drug-likeness (QED) is 0.834. The molecule has 0 bridgehead atoms. The summed E-state index contributed by atoms with van der Waals surface area (Å²) in [5.74, 6) is 1.32. The molecule has 17 heavy (non-hydrogen) atoms. The fourth-order valence-electron chi connectivity index (χ4n) is 3.72. The molecule has 1 N–H and O–H groups in total. The summed E-state index contributed by atoms with van der Waals surface area (Å²) in [5.41, 5.74) is 0.312. The van der Waals surface area contributed by atoms with Gasteiger partial charge in [0.2, 0.25) is 0 Å². The van der Waals surface area contributed by atoms with Crippen molar-refractivity contribution in [3.8, 4) is 0 Å². The van der Waals surface area contributed by atoms with Crippen LogP contribution in [0.15, 0.2) is 0 Å². The van der Waals surface area contributed by atoms with E-state index in [-0.39, 0.29) is 0 Å². The maximum absolute atomic E-state index is 11.7. The van der Waals surface area contributed by atoms with E-state index in [1.165, 1.54) is 38.5 Å². The molecular formula is C13H23NO2S. The molecule has 0 radical (unpaired) electrons. The minimum absolute atomic E-state index is 0.312. The van der Waals surface area contributed by atoms with Crippen molar-refractivity contribution < 1.29 is 8.42 Å². The molecule has 3 nitrogen and oxygen atoms in total. The summed E-state index contributed by atoms with van der Waals surface area (Å²) in [6.07, 6.45) is 8.62. The topological polar surface area (TPSA) is 46.2 Å². The Bertz CT molecular complexity index is 380. The first-order chi connectivity index (χ1) is 8.10. The lowest BCUT2D eigenvalue weighted by molar-refractivity contribution is 0.178. The molecule has 3 aliphatic rings. The molecule has 0 spiro atoms. The van der Waals surface area contributed by atoms with E-state index in [0.717, 1.165) is 19.0 Å². The summed E-state index contributed by atoms with van der Waals surface area (Å²) in [5, 5.41) is 3.65. The van der Waals surface area contributed by atoms with Gasteiger partial charge in [-0.05, 0) is 43.4 Å². The Hall–Kier alpha value is -0.0900. The Labute approximate surface area is 104 Å². The van der Waals surface area contributed by atoms with Crippen LogP contribution in [0.25, 0.3) is 0 Å². The van der Waals surface area contributed by atoms with Crippen LogP contribution in [0.4, 0.5) is 0 Å². The van der Waals surface area contributed by atoms with Crippen LogP contribution >= 0.6 is 0 Å². The molecule has 0 aromatic carbocycles. The Morgan fingerprint density at radius 3 is 2.35 bits per heavy atom. The third-order valence-corrected chi connectivity index (χ3v) is 6.79. The molecule has 3 rings (SSSR count). The molecule has 98 valence electrons. The van der Waals surface area contributed by atoms with Gasteiger partial charge in [-0.3, -0.25) is 0 Å². The number of nitrogens with one attached hydrogen (secondary N) is 1. The van der Waals surface area contributed by atoms with Crippen molar-refractivity contribution >= 4 is 9.84 Å². The number of sulfone groups is 1. The van der Waals surface area contributed by atoms with E-state index >= 15 is 0 Å². The highest BCUT2D eigenvalue weighted by Crippen LogP contribution is 2.48. The van der Waals surface area contributed by atoms with E-state index in [1.807, 2.05) is 0 Å². The fraction of sp³-hybridized carbons (Fsp3) is 1.00. The maximum Gasteiger partial charge on any atom is 0.150 e. The van der Waals surface area contributed by atoms with Gasteiger partial charge in [-0.2, -0.15) is 0 Å². The number of hydrogen-bond donors (Lipinski definition) is 1. The molecule has 0 amide bonds. The Kier molecular flexibility index (Phi) is 2.98. The van der Waals surface area contributed by atoms with Crippen molar-refractivity contribution in [1.82, 2.24) is 5.32 Å². The Morgan fingerprint density at radius 1 is 1.12 bits per heavy atom. The summed E-state index contributed by atoms with van der Waals surface area (Å²) in [7, 11) is -2.72. The van der Waals surface area contributed by atoms with Gasteiger partial charge in [-0.1, -0.05) is 12.8 Å². The van der Waals surface area contributed by atoms with E-state index in [1.54, 1.807) is 0 Å². The monoisotopic (exact) mass is 257 g/mol. The summed E-state index contributed by atoms with van der Waals surface area (Å²) >= 11 is 0. The first kappa shape index (κ1) is 12.0. The van der Waals surface area contributed by atoms with Crippen molar-refractivity contribution in [2.24, 2.45) is 11.3 Å². The van der Waals surface area contributed by atoms with Gasteiger partial charge < -0.3 is 5.32 Å². The summed E-state index contributed by atoms with van der Waals surface area (Å²) in [6, 6.07) is 0.741. The third-order valence-electron chi connectivity index (χ3n) is 5.02. The van der Waals surface area contributed by atoms with E-state index in [9.17, 15) is 8.42 Å². The van der Waals surface area contributed by atoms with Crippen molar-refractivity contribution in [2.45, 2.75) is 51.0 Å². The van der Waals surface area contributed by atoms with Crippen LogP contribution in [0, 0.1) is 11.3 Å². The van der Waals surface area contributed by atoms with Crippen molar-refractivity contribution in [2.75, 3.05) is 18.1 Å². The van der Waals surface area contributed by atoms with Gasteiger partial charge in [0.25, 0.3) is 0 Å². The largest absolute Gasteiger partial charge is 0.313 e. The van der Waals surface area contributed by atoms with E-state index in [2.05, 4.69) is 5.32 Å². The van der Waals surface area contributed by atoms with Crippen LogP contribution in [0.1, 0.15) is 44.9 Å². The zero-order valence-electron chi connectivity index (χ0n) is 10.5. The zero-order chi connectivity index (χ0) is 11.9. The number of rotatable bonds is 4. The van der Waals surface area contributed by atoms with Crippen LogP contribution in [0.5, 0.6) is 0 Å². The normalized spacial score (nSPS) is 35.2. The standard InChI is InChI=1S/C13H23NO2S/c15-17(16)8-5-11(9-17)13(6-1-2-7-13)10-14-12-3-4-12/h11-12,14H,1-10H2. The molecule has 1 heterocycles. The van der Waals surface area contributed by atoms with E-state index in [0.29, 0.717) is 22.8 Å². The smallest absolute Gasteiger partial charge is 0.150 e. The second-order valence-electron chi connectivity index (χ2n) is 6.32. The van der Waals surface area contributed by atoms with Crippen LogP contribution in [-0.4, -0.2) is 32.5 Å². The molecule has 1 saturated heterocycles. The van der Waals surface area contributed by atoms with Crippen LogP contribution in [-0.2, 0) is 9.84 Å². The Balaban J connectivity index is 1.69.